The number of aromatic nitrogens is 4. The van der Waals surface area contributed by atoms with Crippen molar-refractivity contribution in [2.75, 3.05) is 4.72 Å². The van der Waals surface area contributed by atoms with E-state index in [4.69, 9.17) is 10.00 Å². The third-order valence-electron chi connectivity index (χ3n) is 4.48. The first-order chi connectivity index (χ1) is 15.3. The Hall–Kier alpha value is -4.23. The second-order valence-corrected chi connectivity index (χ2v) is 8.62. The van der Waals surface area contributed by atoms with Gasteiger partial charge in [0.15, 0.2) is 5.82 Å². The Labute approximate surface area is 185 Å². The molecular formula is C22H18N6O3S. The maximum atomic E-state index is 12.5. The van der Waals surface area contributed by atoms with Crippen molar-refractivity contribution in [3.8, 4) is 23.5 Å². The molecule has 32 heavy (non-hydrogen) atoms. The fourth-order valence-electron chi connectivity index (χ4n) is 2.98. The summed E-state index contributed by atoms with van der Waals surface area (Å²) in [4.78, 5) is 0.0646. The molecule has 0 unspecified atom stereocenters. The molecule has 9 nitrogen and oxygen atoms in total. The number of sulfonamides is 1. The van der Waals surface area contributed by atoms with Crippen LogP contribution < -0.4 is 9.46 Å². The Morgan fingerprint density at radius 2 is 1.69 bits per heavy atom. The van der Waals surface area contributed by atoms with Gasteiger partial charge in [0.25, 0.3) is 10.0 Å². The molecule has 4 rings (SSSR count). The van der Waals surface area contributed by atoms with E-state index in [0.717, 1.165) is 11.4 Å². The highest BCUT2D eigenvalue weighted by molar-refractivity contribution is 7.92. The number of anilines is 1. The molecule has 0 spiro atoms. The number of hydrogen-bond donors (Lipinski definition) is 1. The molecule has 0 atom stereocenters. The van der Waals surface area contributed by atoms with E-state index < -0.39 is 10.0 Å². The maximum absolute atomic E-state index is 12.5. The van der Waals surface area contributed by atoms with Crippen molar-refractivity contribution in [3.63, 3.8) is 0 Å². The third kappa shape index (κ3) is 4.58. The lowest BCUT2D eigenvalue weighted by atomic mass is 10.2. The molecule has 0 aliphatic rings. The van der Waals surface area contributed by atoms with Gasteiger partial charge in [-0.1, -0.05) is 0 Å². The van der Waals surface area contributed by atoms with Crippen LogP contribution in [-0.4, -0.2) is 28.4 Å². The van der Waals surface area contributed by atoms with Crippen LogP contribution in [0.25, 0.3) is 5.82 Å². The Kier molecular flexibility index (Phi) is 5.57. The topological polar surface area (TPSA) is 123 Å². The number of rotatable bonds is 6. The van der Waals surface area contributed by atoms with E-state index in [1.165, 1.54) is 24.3 Å². The molecule has 0 aliphatic carbocycles. The van der Waals surface area contributed by atoms with Crippen molar-refractivity contribution in [2.45, 2.75) is 18.7 Å². The summed E-state index contributed by atoms with van der Waals surface area (Å²) in [5.41, 5.74) is 2.59. The molecule has 0 aliphatic heterocycles. The van der Waals surface area contributed by atoms with Crippen molar-refractivity contribution in [1.82, 2.24) is 20.0 Å². The smallest absolute Gasteiger partial charge is 0.261 e. The van der Waals surface area contributed by atoms with Crippen LogP contribution >= 0.6 is 0 Å². The van der Waals surface area contributed by atoms with E-state index >= 15 is 0 Å². The highest BCUT2D eigenvalue weighted by atomic mass is 32.2. The van der Waals surface area contributed by atoms with Crippen LogP contribution in [0.4, 0.5) is 5.69 Å². The van der Waals surface area contributed by atoms with Crippen molar-refractivity contribution in [1.29, 1.82) is 5.26 Å². The lowest BCUT2D eigenvalue weighted by Gasteiger charge is -2.09. The molecule has 160 valence electrons. The standard InChI is InChI=1S/C22H18N6O3S/c1-15-13-16(2)28(26-15)21-11-12-22(25-24-21)31-19-7-5-18(6-8-19)27-32(29,30)20-9-3-17(14-23)4-10-20/h3-13,27H,1-2H3. The van der Waals surface area contributed by atoms with E-state index in [9.17, 15) is 8.42 Å². The van der Waals surface area contributed by atoms with Gasteiger partial charge in [-0.2, -0.15) is 10.4 Å². The number of benzene rings is 2. The van der Waals surface area contributed by atoms with E-state index in [1.807, 2.05) is 26.0 Å². The van der Waals surface area contributed by atoms with Crippen molar-refractivity contribution in [2.24, 2.45) is 0 Å². The monoisotopic (exact) mass is 446 g/mol. The fourth-order valence-corrected chi connectivity index (χ4v) is 4.03. The van der Waals surface area contributed by atoms with Gasteiger partial charge in [-0.15, -0.1) is 10.2 Å². The molecule has 4 aromatic rings. The van der Waals surface area contributed by atoms with Gasteiger partial charge in [-0.25, -0.2) is 13.1 Å². The largest absolute Gasteiger partial charge is 0.438 e. The van der Waals surface area contributed by atoms with E-state index in [2.05, 4.69) is 20.0 Å². The number of hydrogen-bond acceptors (Lipinski definition) is 7. The summed E-state index contributed by atoms with van der Waals surface area (Å²) < 4.78 is 34.9. The van der Waals surface area contributed by atoms with Gasteiger partial charge in [0.05, 0.1) is 22.2 Å². The minimum Gasteiger partial charge on any atom is -0.438 e. The Balaban J connectivity index is 1.43. The van der Waals surface area contributed by atoms with Crippen molar-refractivity contribution >= 4 is 15.7 Å². The van der Waals surface area contributed by atoms with Gasteiger partial charge < -0.3 is 4.74 Å². The van der Waals surface area contributed by atoms with Crippen LogP contribution in [0, 0.1) is 25.2 Å². The normalized spacial score (nSPS) is 11.0. The van der Waals surface area contributed by atoms with E-state index in [1.54, 1.807) is 41.1 Å². The number of nitrogens with zero attached hydrogens (tertiary/aromatic N) is 5. The number of nitrogens with one attached hydrogen (secondary N) is 1. The average Bonchev–Trinajstić information content (AvgIpc) is 3.13. The molecule has 1 N–H and O–H groups in total. The molecule has 0 radical (unpaired) electrons. The zero-order valence-corrected chi connectivity index (χ0v) is 18.0. The predicted octanol–water partition coefficient (Wildman–Crippen LogP) is 3.74. The highest BCUT2D eigenvalue weighted by Gasteiger charge is 2.14. The van der Waals surface area contributed by atoms with E-state index in [0.29, 0.717) is 28.7 Å². The first-order valence-electron chi connectivity index (χ1n) is 9.52. The molecule has 0 amide bonds. The quantitative estimate of drug-likeness (QED) is 0.478. The zero-order chi connectivity index (χ0) is 22.7. The van der Waals surface area contributed by atoms with Gasteiger partial charge in [-0.05, 0) is 74.5 Å². The summed E-state index contributed by atoms with van der Waals surface area (Å²) in [6, 6.07) is 19.4. The Morgan fingerprint density at radius 3 is 2.25 bits per heavy atom. The molecule has 2 aromatic heterocycles. The van der Waals surface area contributed by atoms with Crippen LogP contribution in [0.1, 0.15) is 17.0 Å². The zero-order valence-electron chi connectivity index (χ0n) is 17.2. The summed E-state index contributed by atoms with van der Waals surface area (Å²) in [5, 5.41) is 21.4. The molecule has 2 aromatic carbocycles. The Bertz CT molecular complexity index is 1390. The number of nitriles is 1. The minimum absolute atomic E-state index is 0.0646. The van der Waals surface area contributed by atoms with Gasteiger partial charge in [0.1, 0.15) is 5.75 Å². The van der Waals surface area contributed by atoms with Crippen molar-refractivity contribution in [3.05, 3.63) is 83.7 Å². The van der Waals surface area contributed by atoms with Crippen LogP contribution in [-0.2, 0) is 10.0 Å². The third-order valence-corrected chi connectivity index (χ3v) is 5.87. The molecule has 0 saturated carbocycles. The Morgan fingerprint density at radius 1 is 0.969 bits per heavy atom. The molecule has 0 bridgehead atoms. The fraction of sp³-hybridized carbons (Fsp3) is 0.0909. The molecule has 0 fully saturated rings. The summed E-state index contributed by atoms with van der Waals surface area (Å²) in [6.45, 7) is 3.84. The summed E-state index contributed by atoms with van der Waals surface area (Å²) in [6.07, 6.45) is 0. The maximum Gasteiger partial charge on any atom is 0.261 e. The number of ether oxygens (including phenoxy) is 1. The van der Waals surface area contributed by atoms with Crippen LogP contribution in [0.3, 0.4) is 0 Å². The lowest BCUT2D eigenvalue weighted by molar-refractivity contribution is 0.454. The molecular weight excluding hydrogens is 428 g/mol. The van der Waals surface area contributed by atoms with Gasteiger partial charge >= 0.3 is 0 Å². The van der Waals surface area contributed by atoms with E-state index in [-0.39, 0.29) is 4.90 Å². The predicted molar refractivity (Wildman–Crippen MR) is 117 cm³/mol. The average molecular weight is 446 g/mol. The minimum atomic E-state index is -3.77. The summed E-state index contributed by atoms with van der Waals surface area (Å²) in [7, 11) is -3.77. The van der Waals surface area contributed by atoms with Gasteiger partial charge in [0.2, 0.25) is 5.88 Å². The second kappa shape index (κ2) is 8.49. The first-order valence-corrected chi connectivity index (χ1v) is 11.0. The van der Waals surface area contributed by atoms with Crippen LogP contribution in [0.15, 0.2) is 71.6 Å². The first kappa shape index (κ1) is 21.0. The number of aryl methyl sites for hydroxylation is 2. The highest BCUT2D eigenvalue weighted by Crippen LogP contribution is 2.23. The second-order valence-electron chi connectivity index (χ2n) is 6.94. The summed E-state index contributed by atoms with van der Waals surface area (Å²) in [5.74, 6) is 1.34. The SMILES string of the molecule is Cc1cc(C)n(-c2ccc(Oc3ccc(NS(=O)(=O)c4ccc(C#N)cc4)cc3)nn2)n1. The summed E-state index contributed by atoms with van der Waals surface area (Å²) >= 11 is 0. The van der Waals surface area contributed by atoms with Crippen molar-refractivity contribution < 1.29 is 13.2 Å². The van der Waals surface area contributed by atoms with Crippen LogP contribution in [0.5, 0.6) is 11.6 Å². The lowest BCUT2D eigenvalue weighted by Crippen LogP contribution is -2.12. The van der Waals surface area contributed by atoms with Gasteiger partial charge in [0, 0.05) is 17.4 Å². The van der Waals surface area contributed by atoms with Gasteiger partial charge in [-0.3, -0.25) is 4.72 Å². The molecule has 2 heterocycles. The van der Waals surface area contributed by atoms with Crippen LogP contribution in [0.2, 0.25) is 0 Å². The molecule has 0 saturated heterocycles. The molecule has 10 heteroatoms.